The molecule has 2 aromatic rings. The van der Waals surface area contributed by atoms with E-state index in [2.05, 4.69) is 36.2 Å². The molecule has 0 unspecified atom stereocenters. The highest BCUT2D eigenvalue weighted by molar-refractivity contribution is 6.30. The van der Waals surface area contributed by atoms with Crippen LogP contribution in [0.5, 0.6) is 5.75 Å². The second-order valence-corrected chi connectivity index (χ2v) is 6.64. The van der Waals surface area contributed by atoms with E-state index >= 15 is 0 Å². The summed E-state index contributed by atoms with van der Waals surface area (Å²) in [5.74, 6) is 1.84. The number of benzene rings is 2. The molecule has 3 rings (SSSR count). The first-order valence-corrected chi connectivity index (χ1v) is 8.21. The Morgan fingerprint density at radius 1 is 1.00 bits per heavy atom. The first kappa shape index (κ1) is 15.4. The quantitative estimate of drug-likeness (QED) is 0.730. The molecule has 1 aliphatic rings. The largest absolute Gasteiger partial charge is 0.489 e. The second-order valence-electron chi connectivity index (χ2n) is 6.20. The number of halogens is 1. The van der Waals surface area contributed by atoms with Gasteiger partial charge in [-0.25, -0.2) is 0 Å². The normalized spacial score (nSPS) is 14.3. The summed E-state index contributed by atoms with van der Waals surface area (Å²) in [5, 5.41) is 0.753. The van der Waals surface area contributed by atoms with Gasteiger partial charge in [0.15, 0.2) is 0 Å². The molecule has 116 valence electrons. The van der Waals surface area contributed by atoms with Crippen molar-refractivity contribution in [2.75, 3.05) is 13.6 Å². The summed E-state index contributed by atoms with van der Waals surface area (Å²) in [6.07, 6.45) is 2.81. The van der Waals surface area contributed by atoms with Crippen molar-refractivity contribution in [3.63, 3.8) is 0 Å². The third kappa shape index (κ3) is 4.75. The Bertz CT molecular complexity index is 590. The third-order valence-corrected chi connectivity index (χ3v) is 4.21. The average molecular weight is 316 g/mol. The minimum atomic E-state index is 0.568. The van der Waals surface area contributed by atoms with E-state index in [-0.39, 0.29) is 0 Å². The molecule has 0 heterocycles. The van der Waals surface area contributed by atoms with Gasteiger partial charge in [0.1, 0.15) is 12.4 Å². The van der Waals surface area contributed by atoms with Gasteiger partial charge in [-0.1, -0.05) is 35.9 Å². The summed E-state index contributed by atoms with van der Waals surface area (Å²) in [6.45, 7) is 2.79. The van der Waals surface area contributed by atoms with Crippen molar-refractivity contribution in [3.05, 3.63) is 64.7 Å². The number of hydrogen-bond donors (Lipinski definition) is 0. The van der Waals surface area contributed by atoms with Crippen LogP contribution in [0.3, 0.4) is 0 Å². The zero-order valence-electron chi connectivity index (χ0n) is 13.0. The lowest BCUT2D eigenvalue weighted by Gasteiger charge is -2.16. The molecule has 0 spiro atoms. The van der Waals surface area contributed by atoms with Gasteiger partial charge in [-0.05, 0) is 61.2 Å². The maximum atomic E-state index is 5.88. The highest BCUT2D eigenvalue weighted by atomic mass is 35.5. The van der Waals surface area contributed by atoms with Crippen LogP contribution in [0.1, 0.15) is 24.0 Å². The molecule has 0 saturated heterocycles. The molecule has 0 aromatic heterocycles. The summed E-state index contributed by atoms with van der Waals surface area (Å²) >= 11 is 5.88. The molecular formula is C19H22ClNO. The van der Waals surface area contributed by atoms with Crippen LogP contribution >= 0.6 is 11.6 Å². The van der Waals surface area contributed by atoms with Gasteiger partial charge >= 0.3 is 0 Å². The monoisotopic (exact) mass is 315 g/mol. The standard InChI is InChI=1S/C19H22ClNO/c1-21(12-15-2-3-15)13-16-6-10-19(11-7-16)22-14-17-4-8-18(20)9-5-17/h4-11,15H,2-3,12-14H2,1H3. The van der Waals surface area contributed by atoms with Gasteiger partial charge in [-0.15, -0.1) is 0 Å². The predicted octanol–water partition coefficient (Wildman–Crippen LogP) is 4.76. The van der Waals surface area contributed by atoms with Gasteiger partial charge < -0.3 is 9.64 Å². The van der Waals surface area contributed by atoms with Crippen molar-refractivity contribution < 1.29 is 4.74 Å². The molecule has 22 heavy (non-hydrogen) atoms. The van der Waals surface area contributed by atoms with Crippen molar-refractivity contribution in [1.29, 1.82) is 0 Å². The van der Waals surface area contributed by atoms with Crippen molar-refractivity contribution >= 4 is 11.6 Å². The molecule has 1 saturated carbocycles. The van der Waals surface area contributed by atoms with Gasteiger partial charge in [0.2, 0.25) is 0 Å². The Morgan fingerprint density at radius 2 is 1.64 bits per heavy atom. The van der Waals surface area contributed by atoms with Crippen molar-refractivity contribution in [1.82, 2.24) is 4.90 Å². The average Bonchev–Trinajstić information content (AvgIpc) is 3.32. The van der Waals surface area contributed by atoms with E-state index in [0.29, 0.717) is 6.61 Å². The van der Waals surface area contributed by atoms with Gasteiger partial charge in [0.05, 0.1) is 0 Å². The smallest absolute Gasteiger partial charge is 0.119 e. The third-order valence-electron chi connectivity index (χ3n) is 3.96. The SMILES string of the molecule is CN(Cc1ccc(OCc2ccc(Cl)cc2)cc1)CC1CC1. The zero-order valence-corrected chi connectivity index (χ0v) is 13.7. The Labute approximate surface area is 137 Å². The van der Waals surface area contributed by atoms with Crippen LogP contribution in [0.25, 0.3) is 0 Å². The van der Waals surface area contributed by atoms with Gasteiger partial charge in [-0.3, -0.25) is 0 Å². The van der Waals surface area contributed by atoms with Crippen LogP contribution in [-0.4, -0.2) is 18.5 Å². The Kier molecular flexibility index (Phi) is 5.01. The molecule has 3 heteroatoms. The summed E-state index contributed by atoms with van der Waals surface area (Å²) in [5.41, 5.74) is 2.46. The van der Waals surface area contributed by atoms with Crippen LogP contribution in [0.2, 0.25) is 5.02 Å². The Balaban J connectivity index is 1.49. The molecule has 0 radical (unpaired) electrons. The lowest BCUT2D eigenvalue weighted by atomic mass is 10.2. The Hall–Kier alpha value is -1.51. The fraction of sp³-hybridized carbons (Fsp3) is 0.368. The van der Waals surface area contributed by atoms with E-state index in [1.165, 1.54) is 24.9 Å². The minimum absolute atomic E-state index is 0.568. The molecule has 0 atom stereocenters. The number of ether oxygens (including phenoxy) is 1. The van der Waals surface area contributed by atoms with Crippen LogP contribution in [-0.2, 0) is 13.2 Å². The molecule has 1 fully saturated rings. The molecule has 2 aromatic carbocycles. The summed E-state index contributed by atoms with van der Waals surface area (Å²) < 4.78 is 5.81. The lowest BCUT2D eigenvalue weighted by Crippen LogP contribution is -2.20. The number of hydrogen-bond acceptors (Lipinski definition) is 2. The molecular weight excluding hydrogens is 294 g/mol. The van der Waals surface area contributed by atoms with E-state index < -0.39 is 0 Å². The van der Waals surface area contributed by atoms with Crippen LogP contribution < -0.4 is 4.74 Å². The predicted molar refractivity (Wildman–Crippen MR) is 91.3 cm³/mol. The summed E-state index contributed by atoms with van der Waals surface area (Å²) in [6, 6.07) is 16.2. The van der Waals surface area contributed by atoms with Crippen LogP contribution in [0.15, 0.2) is 48.5 Å². The fourth-order valence-corrected chi connectivity index (χ4v) is 2.68. The molecule has 2 nitrogen and oxygen atoms in total. The fourth-order valence-electron chi connectivity index (χ4n) is 2.56. The topological polar surface area (TPSA) is 12.5 Å². The van der Waals surface area contributed by atoms with Crippen molar-refractivity contribution in [2.24, 2.45) is 5.92 Å². The second kappa shape index (κ2) is 7.17. The van der Waals surface area contributed by atoms with E-state index in [4.69, 9.17) is 16.3 Å². The minimum Gasteiger partial charge on any atom is -0.489 e. The van der Waals surface area contributed by atoms with E-state index in [9.17, 15) is 0 Å². The maximum absolute atomic E-state index is 5.88. The van der Waals surface area contributed by atoms with Gasteiger partial charge in [-0.2, -0.15) is 0 Å². The van der Waals surface area contributed by atoms with Crippen LogP contribution in [0, 0.1) is 5.92 Å². The van der Waals surface area contributed by atoms with Crippen molar-refractivity contribution in [2.45, 2.75) is 26.0 Å². The number of nitrogens with zero attached hydrogens (tertiary/aromatic N) is 1. The van der Waals surface area contributed by atoms with E-state index in [1.807, 2.05) is 24.3 Å². The maximum Gasteiger partial charge on any atom is 0.119 e. The highest BCUT2D eigenvalue weighted by Crippen LogP contribution is 2.29. The van der Waals surface area contributed by atoms with Gasteiger partial charge in [0.25, 0.3) is 0 Å². The molecule has 0 N–H and O–H groups in total. The first-order valence-electron chi connectivity index (χ1n) is 7.84. The van der Waals surface area contributed by atoms with Crippen LogP contribution in [0.4, 0.5) is 0 Å². The first-order chi connectivity index (χ1) is 10.7. The van der Waals surface area contributed by atoms with Crippen molar-refractivity contribution in [3.8, 4) is 5.75 Å². The highest BCUT2D eigenvalue weighted by Gasteiger charge is 2.22. The molecule has 0 bridgehead atoms. The summed E-state index contributed by atoms with van der Waals surface area (Å²) in [7, 11) is 2.20. The summed E-state index contributed by atoms with van der Waals surface area (Å²) in [4.78, 5) is 2.40. The number of rotatable bonds is 7. The van der Waals surface area contributed by atoms with Gasteiger partial charge in [0, 0.05) is 18.1 Å². The Morgan fingerprint density at radius 3 is 2.27 bits per heavy atom. The molecule has 0 aliphatic heterocycles. The zero-order chi connectivity index (χ0) is 15.4. The lowest BCUT2D eigenvalue weighted by molar-refractivity contribution is 0.303. The molecule has 0 amide bonds. The van der Waals surface area contributed by atoms with E-state index in [0.717, 1.165) is 28.8 Å². The molecule has 1 aliphatic carbocycles. The van der Waals surface area contributed by atoms with E-state index in [1.54, 1.807) is 0 Å².